The molecule has 1 N–H and O–H groups in total. The van der Waals surface area contributed by atoms with E-state index in [4.69, 9.17) is 4.74 Å². The zero-order valence-electron chi connectivity index (χ0n) is 12.3. The van der Waals surface area contributed by atoms with E-state index in [1.54, 1.807) is 0 Å². The van der Waals surface area contributed by atoms with E-state index in [2.05, 4.69) is 42.6 Å². The summed E-state index contributed by atoms with van der Waals surface area (Å²) < 4.78 is 5.85. The Labute approximate surface area is 121 Å². The van der Waals surface area contributed by atoms with Crippen molar-refractivity contribution in [2.24, 2.45) is 0 Å². The van der Waals surface area contributed by atoms with Gasteiger partial charge in [0.15, 0.2) is 0 Å². The predicted octanol–water partition coefficient (Wildman–Crippen LogP) is 3.81. The first kappa shape index (κ1) is 14.6. The first-order valence-corrected chi connectivity index (χ1v) is 7.21. The summed E-state index contributed by atoms with van der Waals surface area (Å²) >= 11 is 0. The van der Waals surface area contributed by atoms with E-state index >= 15 is 0 Å². The van der Waals surface area contributed by atoms with Gasteiger partial charge in [0.05, 0.1) is 0 Å². The van der Waals surface area contributed by atoms with Crippen LogP contribution in [0.3, 0.4) is 0 Å². The zero-order chi connectivity index (χ0) is 14.2. The lowest BCUT2D eigenvalue weighted by molar-refractivity contribution is 0.306. The Kier molecular flexibility index (Phi) is 5.63. The minimum atomic E-state index is 0.545. The van der Waals surface area contributed by atoms with E-state index < -0.39 is 0 Å². The summed E-state index contributed by atoms with van der Waals surface area (Å²) in [5.41, 5.74) is 2.53. The van der Waals surface area contributed by atoms with Gasteiger partial charge in [0.2, 0.25) is 0 Å². The predicted molar refractivity (Wildman–Crippen MR) is 84.1 cm³/mol. The van der Waals surface area contributed by atoms with Crippen molar-refractivity contribution in [2.45, 2.75) is 32.4 Å². The van der Waals surface area contributed by atoms with Crippen LogP contribution in [0.2, 0.25) is 0 Å². The number of benzene rings is 2. The minimum absolute atomic E-state index is 0.545. The highest BCUT2D eigenvalue weighted by atomic mass is 16.5. The molecule has 0 spiro atoms. The Bertz CT molecular complexity index is 510. The smallest absolute Gasteiger partial charge is 0.120 e. The van der Waals surface area contributed by atoms with Crippen molar-refractivity contribution in [3.63, 3.8) is 0 Å². The first-order chi connectivity index (χ1) is 9.78. The molecule has 2 aromatic carbocycles. The second kappa shape index (κ2) is 7.71. The molecule has 0 saturated heterocycles. The average Bonchev–Trinajstić information content (AvgIpc) is 2.52. The van der Waals surface area contributed by atoms with Gasteiger partial charge in [-0.15, -0.1) is 0 Å². The van der Waals surface area contributed by atoms with Gasteiger partial charge in [-0.05, 0) is 50.1 Å². The highest BCUT2D eigenvalue weighted by Crippen LogP contribution is 2.16. The molecule has 0 heterocycles. The van der Waals surface area contributed by atoms with Crippen molar-refractivity contribution in [3.05, 3.63) is 65.7 Å². The molecule has 1 atom stereocenters. The normalized spacial score (nSPS) is 12.1. The molecule has 0 aliphatic carbocycles. The van der Waals surface area contributed by atoms with Gasteiger partial charge in [0.25, 0.3) is 0 Å². The Morgan fingerprint density at radius 2 is 1.75 bits per heavy atom. The van der Waals surface area contributed by atoms with Crippen LogP contribution in [-0.2, 0) is 13.0 Å². The molecule has 20 heavy (non-hydrogen) atoms. The Hall–Kier alpha value is -1.80. The molecule has 2 aromatic rings. The second-order valence-electron chi connectivity index (χ2n) is 5.15. The van der Waals surface area contributed by atoms with Gasteiger partial charge in [-0.2, -0.15) is 0 Å². The fourth-order valence-corrected chi connectivity index (χ4v) is 2.06. The van der Waals surface area contributed by atoms with Crippen molar-refractivity contribution < 1.29 is 4.74 Å². The SMILES string of the molecule is CNC(C)CCc1cccc(OCc2ccccc2)c1. The van der Waals surface area contributed by atoms with E-state index in [0.29, 0.717) is 12.6 Å². The summed E-state index contributed by atoms with van der Waals surface area (Å²) in [6, 6.07) is 19.2. The second-order valence-corrected chi connectivity index (χ2v) is 5.15. The van der Waals surface area contributed by atoms with Crippen LogP contribution in [0.25, 0.3) is 0 Å². The van der Waals surface area contributed by atoms with Crippen LogP contribution in [0, 0.1) is 0 Å². The van der Waals surface area contributed by atoms with Gasteiger partial charge in [-0.3, -0.25) is 0 Å². The zero-order valence-corrected chi connectivity index (χ0v) is 12.3. The number of rotatable bonds is 7. The van der Waals surface area contributed by atoms with E-state index in [0.717, 1.165) is 18.6 Å². The van der Waals surface area contributed by atoms with Gasteiger partial charge in [-0.25, -0.2) is 0 Å². The van der Waals surface area contributed by atoms with Gasteiger partial charge >= 0.3 is 0 Å². The third-order valence-electron chi connectivity index (χ3n) is 3.51. The van der Waals surface area contributed by atoms with Crippen LogP contribution < -0.4 is 10.1 Å². The maximum atomic E-state index is 5.85. The molecular weight excluding hydrogens is 246 g/mol. The third kappa shape index (κ3) is 4.71. The lowest BCUT2D eigenvalue weighted by Crippen LogP contribution is -2.21. The highest BCUT2D eigenvalue weighted by molar-refractivity contribution is 5.29. The van der Waals surface area contributed by atoms with E-state index in [1.807, 2.05) is 31.3 Å². The fraction of sp³-hybridized carbons (Fsp3) is 0.333. The Morgan fingerprint density at radius 3 is 2.50 bits per heavy atom. The average molecular weight is 269 g/mol. The molecule has 0 aliphatic rings. The largest absolute Gasteiger partial charge is 0.489 e. The standard InChI is InChI=1S/C18H23NO/c1-15(19-2)11-12-16-9-6-10-18(13-16)20-14-17-7-4-3-5-8-17/h3-10,13,15,19H,11-12,14H2,1-2H3. The quantitative estimate of drug-likeness (QED) is 0.825. The van der Waals surface area contributed by atoms with Crippen molar-refractivity contribution in [1.29, 1.82) is 0 Å². The summed E-state index contributed by atoms with van der Waals surface area (Å²) in [6.07, 6.45) is 2.21. The molecule has 0 saturated carbocycles. The molecule has 0 amide bonds. The summed E-state index contributed by atoms with van der Waals surface area (Å²) in [5.74, 6) is 0.948. The molecule has 2 rings (SSSR count). The number of aryl methyl sites for hydroxylation is 1. The topological polar surface area (TPSA) is 21.3 Å². The maximum Gasteiger partial charge on any atom is 0.120 e. The Morgan fingerprint density at radius 1 is 1.00 bits per heavy atom. The van der Waals surface area contributed by atoms with Crippen LogP contribution in [0.5, 0.6) is 5.75 Å². The Balaban J connectivity index is 1.89. The van der Waals surface area contributed by atoms with Crippen molar-refractivity contribution in [2.75, 3.05) is 7.05 Å². The number of hydrogen-bond acceptors (Lipinski definition) is 2. The van der Waals surface area contributed by atoms with Crippen LogP contribution in [0.1, 0.15) is 24.5 Å². The van der Waals surface area contributed by atoms with Gasteiger partial charge in [-0.1, -0.05) is 42.5 Å². The minimum Gasteiger partial charge on any atom is -0.489 e. The number of ether oxygens (including phenoxy) is 1. The molecule has 1 unspecified atom stereocenters. The van der Waals surface area contributed by atoms with E-state index in [1.165, 1.54) is 11.1 Å². The number of nitrogens with one attached hydrogen (secondary N) is 1. The molecule has 2 nitrogen and oxygen atoms in total. The summed E-state index contributed by atoms with van der Waals surface area (Å²) in [4.78, 5) is 0. The van der Waals surface area contributed by atoms with Crippen molar-refractivity contribution in [3.8, 4) is 5.75 Å². The van der Waals surface area contributed by atoms with Crippen molar-refractivity contribution in [1.82, 2.24) is 5.32 Å². The molecule has 0 aliphatic heterocycles. The molecular formula is C18H23NO. The van der Waals surface area contributed by atoms with Crippen molar-refractivity contribution >= 4 is 0 Å². The van der Waals surface area contributed by atoms with Gasteiger partial charge < -0.3 is 10.1 Å². The highest BCUT2D eigenvalue weighted by Gasteiger charge is 2.01. The van der Waals surface area contributed by atoms with Gasteiger partial charge in [0, 0.05) is 6.04 Å². The molecule has 0 bridgehead atoms. The van der Waals surface area contributed by atoms with E-state index in [9.17, 15) is 0 Å². The molecule has 0 aromatic heterocycles. The maximum absolute atomic E-state index is 5.85. The summed E-state index contributed by atoms with van der Waals surface area (Å²) in [7, 11) is 2.00. The van der Waals surface area contributed by atoms with E-state index in [-0.39, 0.29) is 0 Å². The first-order valence-electron chi connectivity index (χ1n) is 7.21. The van der Waals surface area contributed by atoms with Crippen LogP contribution >= 0.6 is 0 Å². The lowest BCUT2D eigenvalue weighted by atomic mass is 10.1. The summed E-state index contributed by atoms with van der Waals surface area (Å²) in [6.45, 7) is 2.83. The lowest BCUT2D eigenvalue weighted by Gasteiger charge is -2.11. The number of hydrogen-bond donors (Lipinski definition) is 1. The molecule has 0 radical (unpaired) electrons. The molecule has 0 fully saturated rings. The van der Waals surface area contributed by atoms with Crippen LogP contribution in [0.15, 0.2) is 54.6 Å². The third-order valence-corrected chi connectivity index (χ3v) is 3.51. The van der Waals surface area contributed by atoms with Crippen LogP contribution in [-0.4, -0.2) is 13.1 Å². The monoisotopic (exact) mass is 269 g/mol. The molecule has 2 heteroatoms. The molecule has 106 valence electrons. The van der Waals surface area contributed by atoms with Gasteiger partial charge in [0.1, 0.15) is 12.4 Å². The summed E-state index contributed by atoms with van der Waals surface area (Å²) in [5, 5.41) is 3.27. The fourth-order valence-electron chi connectivity index (χ4n) is 2.06. The van der Waals surface area contributed by atoms with Crippen LogP contribution in [0.4, 0.5) is 0 Å².